The van der Waals surface area contributed by atoms with Crippen LogP contribution in [0.15, 0.2) is 70.4 Å². The maximum atomic E-state index is 13.3. The highest BCUT2D eigenvalue weighted by molar-refractivity contribution is 8.02. The van der Waals surface area contributed by atoms with Gasteiger partial charge >= 0.3 is 0 Å². The first kappa shape index (κ1) is 20.1. The first-order valence-electron chi connectivity index (χ1n) is 8.75. The maximum Gasteiger partial charge on any atom is 0.254 e. The summed E-state index contributed by atoms with van der Waals surface area (Å²) in [4.78, 5) is 13.3. The molecule has 0 unspecified atom stereocenters. The Bertz CT molecular complexity index is 1040. The molecule has 0 radical (unpaired) electrons. The van der Waals surface area contributed by atoms with Gasteiger partial charge in [0.25, 0.3) is 5.91 Å². The van der Waals surface area contributed by atoms with Crippen molar-refractivity contribution in [1.29, 1.82) is 5.26 Å². The van der Waals surface area contributed by atoms with Crippen LogP contribution >= 0.6 is 23.4 Å². The number of aryl methyl sites for hydroxylation is 1. The third-order valence-corrected chi connectivity index (χ3v) is 5.78. The van der Waals surface area contributed by atoms with E-state index in [0.29, 0.717) is 21.9 Å². The second kappa shape index (κ2) is 8.55. The molecule has 2 aromatic carbocycles. The van der Waals surface area contributed by atoms with Crippen molar-refractivity contribution in [1.82, 2.24) is 5.32 Å². The Labute approximate surface area is 174 Å². The van der Waals surface area contributed by atoms with Crippen molar-refractivity contribution in [2.45, 2.75) is 19.8 Å². The van der Waals surface area contributed by atoms with Gasteiger partial charge < -0.3 is 10.6 Å². The Morgan fingerprint density at radius 1 is 1.18 bits per heavy atom. The summed E-state index contributed by atoms with van der Waals surface area (Å²) < 4.78 is 0. The van der Waals surface area contributed by atoms with Crippen molar-refractivity contribution >= 4 is 35.0 Å². The fraction of sp³-hybridized carbons (Fsp3) is 0.182. The van der Waals surface area contributed by atoms with Crippen molar-refractivity contribution < 1.29 is 4.79 Å². The number of hydrogen-bond donors (Lipinski definition) is 2. The SMILES string of the molecule is CSC1=C(C#N)[C@@H](c2ccccc2Cl)C(C(=O)Nc2ccccc2C)=C(C)N1. The van der Waals surface area contributed by atoms with E-state index in [9.17, 15) is 10.1 Å². The molecule has 1 heterocycles. The number of carbonyl (C=O) groups excluding carboxylic acids is 1. The van der Waals surface area contributed by atoms with Gasteiger partial charge in [0.15, 0.2) is 0 Å². The number of nitrogens with one attached hydrogen (secondary N) is 2. The van der Waals surface area contributed by atoms with Gasteiger partial charge in [-0.05, 0) is 43.4 Å². The summed E-state index contributed by atoms with van der Waals surface area (Å²) in [6.45, 7) is 3.79. The second-order valence-corrected chi connectivity index (χ2v) is 7.67. The molecule has 142 valence electrons. The molecule has 0 aromatic heterocycles. The fourth-order valence-electron chi connectivity index (χ4n) is 3.30. The minimum atomic E-state index is -0.536. The molecule has 6 heteroatoms. The van der Waals surface area contributed by atoms with E-state index in [0.717, 1.165) is 21.8 Å². The van der Waals surface area contributed by atoms with Gasteiger partial charge in [-0.1, -0.05) is 48.0 Å². The van der Waals surface area contributed by atoms with Crippen LogP contribution in [0.1, 0.15) is 24.0 Å². The lowest BCUT2D eigenvalue weighted by Crippen LogP contribution is -2.30. The molecular weight excluding hydrogens is 390 g/mol. The summed E-state index contributed by atoms with van der Waals surface area (Å²) in [5, 5.41) is 17.3. The topological polar surface area (TPSA) is 64.9 Å². The molecule has 1 aliphatic heterocycles. The van der Waals surface area contributed by atoms with Gasteiger partial charge in [-0.15, -0.1) is 11.8 Å². The van der Waals surface area contributed by atoms with E-state index >= 15 is 0 Å². The molecule has 0 saturated heterocycles. The number of para-hydroxylation sites is 1. The Morgan fingerprint density at radius 2 is 1.86 bits per heavy atom. The average molecular weight is 410 g/mol. The van der Waals surface area contributed by atoms with Crippen molar-refractivity contribution in [2.24, 2.45) is 0 Å². The number of dihydropyridines is 1. The van der Waals surface area contributed by atoms with Crippen LogP contribution in [-0.4, -0.2) is 12.2 Å². The summed E-state index contributed by atoms with van der Waals surface area (Å²) in [5.74, 6) is -0.788. The third-order valence-electron chi connectivity index (χ3n) is 4.71. The zero-order valence-corrected chi connectivity index (χ0v) is 17.4. The molecule has 4 nitrogen and oxygen atoms in total. The molecule has 1 aliphatic rings. The number of halogens is 1. The lowest BCUT2D eigenvalue weighted by molar-refractivity contribution is -0.113. The molecule has 0 aliphatic carbocycles. The number of nitrogens with zero attached hydrogens (tertiary/aromatic N) is 1. The molecule has 28 heavy (non-hydrogen) atoms. The van der Waals surface area contributed by atoms with E-state index in [-0.39, 0.29) is 5.91 Å². The van der Waals surface area contributed by atoms with Crippen LogP contribution in [0, 0.1) is 18.3 Å². The van der Waals surface area contributed by atoms with Crippen molar-refractivity contribution in [3.63, 3.8) is 0 Å². The average Bonchev–Trinajstić information content (AvgIpc) is 2.69. The van der Waals surface area contributed by atoms with E-state index < -0.39 is 5.92 Å². The molecule has 2 aromatic rings. The van der Waals surface area contributed by atoms with Crippen LogP contribution in [0.25, 0.3) is 0 Å². The maximum absolute atomic E-state index is 13.3. The number of amides is 1. The number of benzene rings is 2. The van der Waals surface area contributed by atoms with E-state index in [1.54, 1.807) is 6.07 Å². The number of hydrogen-bond acceptors (Lipinski definition) is 4. The minimum Gasteiger partial charge on any atom is -0.353 e. The van der Waals surface area contributed by atoms with E-state index in [2.05, 4.69) is 16.7 Å². The third kappa shape index (κ3) is 3.80. The predicted molar refractivity (Wildman–Crippen MR) is 116 cm³/mol. The van der Waals surface area contributed by atoms with Crippen LogP contribution in [0.2, 0.25) is 5.02 Å². The summed E-state index contributed by atoms with van der Waals surface area (Å²) in [7, 11) is 0. The number of carbonyl (C=O) groups is 1. The highest BCUT2D eigenvalue weighted by atomic mass is 35.5. The van der Waals surface area contributed by atoms with Gasteiger partial charge in [-0.3, -0.25) is 4.79 Å². The van der Waals surface area contributed by atoms with Gasteiger partial charge in [0, 0.05) is 22.0 Å². The molecular formula is C22H20ClN3OS. The predicted octanol–water partition coefficient (Wildman–Crippen LogP) is 5.35. The van der Waals surface area contributed by atoms with E-state index in [1.165, 1.54) is 11.8 Å². The summed E-state index contributed by atoms with van der Waals surface area (Å²) >= 11 is 7.90. The molecule has 0 spiro atoms. The van der Waals surface area contributed by atoms with Crippen molar-refractivity contribution in [2.75, 3.05) is 11.6 Å². The van der Waals surface area contributed by atoms with E-state index in [1.807, 2.05) is 62.6 Å². The molecule has 0 saturated carbocycles. The van der Waals surface area contributed by atoms with Crippen LogP contribution in [0.4, 0.5) is 5.69 Å². The largest absolute Gasteiger partial charge is 0.353 e. The van der Waals surface area contributed by atoms with Gasteiger partial charge in [-0.2, -0.15) is 5.26 Å². The first-order chi connectivity index (χ1) is 13.5. The molecule has 1 atom stereocenters. The highest BCUT2D eigenvalue weighted by Gasteiger charge is 2.35. The van der Waals surface area contributed by atoms with Gasteiger partial charge in [0.2, 0.25) is 0 Å². The van der Waals surface area contributed by atoms with E-state index in [4.69, 9.17) is 11.6 Å². The Morgan fingerprint density at radius 3 is 2.50 bits per heavy atom. The quantitative estimate of drug-likeness (QED) is 0.714. The van der Waals surface area contributed by atoms with Crippen LogP contribution in [-0.2, 0) is 4.79 Å². The number of thioether (sulfide) groups is 1. The number of allylic oxidation sites excluding steroid dienone is 2. The van der Waals surface area contributed by atoms with Crippen LogP contribution in [0.3, 0.4) is 0 Å². The van der Waals surface area contributed by atoms with Gasteiger partial charge in [-0.25, -0.2) is 0 Å². The van der Waals surface area contributed by atoms with Crippen molar-refractivity contribution in [3.05, 3.63) is 86.6 Å². The highest BCUT2D eigenvalue weighted by Crippen LogP contribution is 2.42. The van der Waals surface area contributed by atoms with Crippen LogP contribution in [0.5, 0.6) is 0 Å². The zero-order valence-electron chi connectivity index (χ0n) is 15.8. The fourth-order valence-corrected chi connectivity index (χ4v) is 4.18. The van der Waals surface area contributed by atoms with Gasteiger partial charge in [0.1, 0.15) is 0 Å². The Hall–Kier alpha value is -2.68. The zero-order chi connectivity index (χ0) is 20.3. The second-order valence-electron chi connectivity index (χ2n) is 6.45. The van der Waals surface area contributed by atoms with Gasteiger partial charge in [0.05, 0.1) is 22.6 Å². The Balaban J connectivity index is 2.12. The number of anilines is 1. The normalized spacial score (nSPS) is 16.5. The Kier molecular flexibility index (Phi) is 6.13. The smallest absolute Gasteiger partial charge is 0.254 e. The first-order valence-corrected chi connectivity index (χ1v) is 10.4. The lowest BCUT2D eigenvalue weighted by atomic mass is 9.82. The standard InChI is InChI=1S/C22H20ClN3OS/c1-13-8-4-7-11-18(13)26-21(27)19-14(2)25-22(28-3)16(12-24)20(19)15-9-5-6-10-17(15)23/h4-11,20,25H,1-3H3,(H,26,27)/t20-/m1/s1. The number of rotatable bonds is 4. The number of nitriles is 1. The molecule has 0 fully saturated rings. The summed E-state index contributed by atoms with van der Waals surface area (Å²) in [6, 6.07) is 17.2. The van der Waals surface area contributed by atoms with Crippen LogP contribution < -0.4 is 10.6 Å². The molecule has 2 N–H and O–H groups in total. The molecule has 0 bridgehead atoms. The monoisotopic (exact) mass is 409 g/mol. The minimum absolute atomic E-state index is 0.253. The summed E-state index contributed by atoms with van der Waals surface area (Å²) in [6.07, 6.45) is 1.90. The molecule has 1 amide bonds. The van der Waals surface area contributed by atoms with Crippen molar-refractivity contribution in [3.8, 4) is 6.07 Å². The lowest BCUT2D eigenvalue weighted by Gasteiger charge is -2.30. The molecule has 3 rings (SSSR count). The summed E-state index contributed by atoms with van der Waals surface area (Å²) in [5.41, 5.74) is 4.13.